The number of aromatic nitrogens is 2. The molecule has 0 amide bonds. The summed E-state index contributed by atoms with van der Waals surface area (Å²) >= 11 is 7.79. The summed E-state index contributed by atoms with van der Waals surface area (Å²) in [5.74, 6) is 4.30. The van der Waals surface area contributed by atoms with Gasteiger partial charge >= 0.3 is 0 Å². The summed E-state index contributed by atoms with van der Waals surface area (Å²) in [5.41, 5.74) is 5.67. The van der Waals surface area contributed by atoms with Crippen LogP contribution in [0.1, 0.15) is 11.8 Å². The Morgan fingerprint density at radius 2 is 2.00 bits per heavy atom. The van der Waals surface area contributed by atoms with Gasteiger partial charge in [0.25, 0.3) is 5.89 Å². The smallest absolute Gasteiger partial charge is 0.258 e. The topological polar surface area (TPSA) is 97.6 Å². The van der Waals surface area contributed by atoms with E-state index in [2.05, 4.69) is 21.1 Å². The molecule has 3 heterocycles. The molecule has 7 nitrogen and oxygen atoms in total. The maximum atomic E-state index is 13.1. The SMILES string of the molecule is C=S1(=O)C[C@@](C)(c2sc(-c3nnc(-c4ccc(F)cc4)o3)cc2Cl)N=C(N)N1C. The van der Waals surface area contributed by atoms with E-state index in [0.717, 1.165) is 0 Å². The number of nitrogens with two attached hydrogens (primary N) is 1. The molecule has 0 fully saturated rings. The van der Waals surface area contributed by atoms with Gasteiger partial charge in [-0.1, -0.05) is 11.6 Å². The summed E-state index contributed by atoms with van der Waals surface area (Å²) in [6, 6.07) is 7.45. The standard InChI is InChI=1S/C18H17ClFN5O2S2/c1-18(9-29(3,26)25(2)17(21)22-18)14-12(19)8-13(28-14)16-24-23-15(27-16)10-4-6-11(20)7-5-10/h4-8H,3,9H2,1-2H3,(H2,21,22)/t18-,29?/m0/s1. The number of guanidine groups is 1. The minimum Gasteiger partial charge on any atom is -0.415 e. The number of nitrogens with zero attached hydrogens (tertiary/aromatic N) is 4. The summed E-state index contributed by atoms with van der Waals surface area (Å²) in [7, 11) is -1.03. The predicted molar refractivity (Wildman–Crippen MR) is 115 cm³/mol. The summed E-state index contributed by atoms with van der Waals surface area (Å²) in [6.45, 7) is 1.82. The van der Waals surface area contributed by atoms with Crippen LogP contribution in [0.3, 0.4) is 0 Å². The molecular formula is C18H17ClFN5O2S2. The highest BCUT2D eigenvalue weighted by Gasteiger charge is 2.40. The van der Waals surface area contributed by atoms with Crippen molar-refractivity contribution in [3.8, 4) is 22.2 Å². The van der Waals surface area contributed by atoms with Gasteiger partial charge in [0.15, 0.2) is 0 Å². The molecule has 3 aromatic rings. The zero-order chi connectivity index (χ0) is 21.0. The largest absolute Gasteiger partial charge is 0.415 e. The molecule has 152 valence electrons. The number of halogens is 2. The van der Waals surface area contributed by atoms with E-state index < -0.39 is 15.2 Å². The van der Waals surface area contributed by atoms with E-state index in [1.165, 1.54) is 27.8 Å². The lowest BCUT2D eigenvalue weighted by atomic mass is 10.0. The molecule has 0 spiro atoms. The lowest BCUT2D eigenvalue weighted by molar-refractivity contribution is 0.522. The average molecular weight is 454 g/mol. The van der Waals surface area contributed by atoms with Crippen molar-refractivity contribution in [2.24, 2.45) is 10.7 Å². The van der Waals surface area contributed by atoms with Gasteiger partial charge in [0.05, 0.1) is 30.2 Å². The average Bonchev–Trinajstić information content (AvgIpc) is 3.27. The van der Waals surface area contributed by atoms with Crippen molar-refractivity contribution in [3.63, 3.8) is 0 Å². The van der Waals surface area contributed by atoms with Crippen LogP contribution in [-0.4, -0.2) is 43.3 Å². The quantitative estimate of drug-likeness (QED) is 0.613. The number of benzene rings is 1. The van der Waals surface area contributed by atoms with Crippen molar-refractivity contribution in [3.05, 3.63) is 46.0 Å². The van der Waals surface area contributed by atoms with Gasteiger partial charge in [-0.15, -0.1) is 21.5 Å². The predicted octanol–water partition coefficient (Wildman–Crippen LogP) is 3.36. The monoisotopic (exact) mass is 453 g/mol. The number of hydrogen-bond acceptors (Lipinski definition) is 7. The maximum Gasteiger partial charge on any atom is 0.258 e. The van der Waals surface area contributed by atoms with Gasteiger partial charge in [-0.05, 0) is 43.1 Å². The van der Waals surface area contributed by atoms with E-state index in [-0.39, 0.29) is 29.3 Å². The summed E-state index contributed by atoms with van der Waals surface area (Å²) in [4.78, 5) is 5.83. The molecule has 1 unspecified atom stereocenters. The minimum atomic E-state index is -2.63. The molecule has 4 rings (SSSR count). The summed E-state index contributed by atoms with van der Waals surface area (Å²) in [6.07, 6.45) is 0. The van der Waals surface area contributed by atoms with Gasteiger partial charge in [-0.3, -0.25) is 4.31 Å². The normalized spacial score (nSPS) is 24.6. The molecule has 0 bridgehead atoms. The van der Waals surface area contributed by atoms with Crippen molar-refractivity contribution in [1.82, 2.24) is 14.5 Å². The molecule has 1 aromatic carbocycles. The Bertz CT molecular complexity index is 1220. The Labute approximate surface area is 176 Å². The fourth-order valence-electron chi connectivity index (χ4n) is 3.05. The Morgan fingerprint density at radius 1 is 1.34 bits per heavy atom. The lowest BCUT2D eigenvalue weighted by Gasteiger charge is -2.36. The van der Waals surface area contributed by atoms with Crippen molar-refractivity contribution in [2.75, 3.05) is 12.8 Å². The molecule has 29 heavy (non-hydrogen) atoms. The fourth-order valence-corrected chi connectivity index (χ4v) is 6.36. The second-order valence-electron chi connectivity index (χ2n) is 6.87. The third-order valence-electron chi connectivity index (χ3n) is 4.59. The molecule has 0 saturated carbocycles. The Hall–Kier alpha value is -2.43. The zero-order valence-corrected chi connectivity index (χ0v) is 17.9. The highest BCUT2D eigenvalue weighted by molar-refractivity contribution is 7.98. The maximum absolute atomic E-state index is 13.1. The summed E-state index contributed by atoms with van der Waals surface area (Å²) in [5, 5.41) is 8.52. The van der Waals surface area contributed by atoms with Crippen LogP contribution in [0, 0.1) is 5.82 Å². The van der Waals surface area contributed by atoms with Gasteiger partial charge in [0, 0.05) is 12.6 Å². The van der Waals surface area contributed by atoms with Crippen LogP contribution < -0.4 is 5.73 Å². The van der Waals surface area contributed by atoms with Crippen LogP contribution in [-0.2, 0) is 15.2 Å². The molecule has 11 heteroatoms. The molecule has 0 aliphatic carbocycles. The molecule has 1 aliphatic rings. The van der Waals surface area contributed by atoms with Crippen LogP contribution in [0.5, 0.6) is 0 Å². The first-order chi connectivity index (χ1) is 13.6. The van der Waals surface area contributed by atoms with Crippen LogP contribution in [0.4, 0.5) is 4.39 Å². The Kier molecular flexibility index (Phi) is 4.67. The van der Waals surface area contributed by atoms with Crippen LogP contribution in [0.2, 0.25) is 5.02 Å². The molecule has 0 saturated heterocycles. The molecular weight excluding hydrogens is 437 g/mol. The first-order valence-corrected chi connectivity index (χ1v) is 11.5. The second kappa shape index (κ2) is 6.82. The van der Waals surface area contributed by atoms with Crippen LogP contribution >= 0.6 is 22.9 Å². The molecule has 2 N–H and O–H groups in total. The number of hydrogen-bond donors (Lipinski definition) is 1. The Morgan fingerprint density at radius 3 is 2.66 bits per heavy atom. The van der Waals surface area contributed by atoms with Gasteiger partial charge in [0.2, 0.25) is 11.9 Å². The van der Waals surface area contributed by atoms with Crippen molar-refractivity contribution in [2.45, 2.75) is 12.5 Å². The van der Waals surface area contributed by atoms with Gasteiger partial charge < -0.3 is 10.2 Å². The van der Waals surface area contributed by atoms with E-state index in [1.807, 2.05) is 6.92 Å². The van der Waals surface area contributed by atoms with E-state index >= 15 is 0 Å². The van der Waals surface area contributed by atoms with Crippen LogP contribution in [0.25, 0.3) is 22.2 Å². The molecule has 1 aliphatic heterocycles. The number of rotatable bonds is 3. The Balaban J connectivity index is 1.72. The highest BCUT2D eigenvalue weighted by atomic mass is 35.5. The van der Waals surface area contributed by atoms with Crippen LogP contribution in [0.15, 0.2) is 39.7 Å². The van der Waals surface area contributed by atoms with Crippen molar-refractivity contribution < 1.29 is 13.0 Å². The van der Waals surface area contributed by atoms with E-state index in [1.54, 1.807) is 25.2 Å². The van der Waals surface area contributed by atoms with Gasteiger partial charge in [-0.25, -0.2) is 13.6 Å². The highest BCUT2D eigenvalue weighted by Crippen LogP contribution is 2.44. The molecule has 0 radical (unpaired) electrons. The minimum absolute atomic E-state index is 0.140. The second-order valence-corrected chi connectivity index (χ2v) is 10.7. The van der Waals surface area contributed by atoms with E-state index in [4.69, 9.17) is 21.8 Å². The van der Waals surface area contributed by atoms with Gasteiger partial charge in [0.1, 0.15) is 11.4 Å². The van der Waals surface area contributed by atoms with E-state index in [0.29, 0.717) is 20.3 Å². The van der Waals surface area contributed by atoms with E-state index in [9.17, 15) is 8.60 Å². The van der Waals surface area contributed by atoms with Crippen molar-refractivity contribution >= 4 is 44.5 Å². The number of aliphatic imine (C=N–C) groups is 1. The number of thiophene rings is 1. The lowest BCUT2D eigenvalue weighted by Crippen LogP contribution is -2.50. The molecule has 2 aromatic heterocycles. The molecule has 2 atom stereocenters. The zero-order valence-electron chi connectivity index (χ0n) is 15.6. The third-order valence-corrected chi connectivity index (χ3v) is 8.58. The van der Waals surface area contributed by atoms with Gasteiger partial charge in [-0.2, -0.15) is 0 Å². The van der Waals surface area contributed by atoms with Crippen molar-refractivity contribution in [1.29, 1.82) is 0 Å². The fraction of sp³-hybridized carbons (Fsp3) is 0.222. The first-order valence-electron chi connectivity index (χ1n) is 8.43. The first kappa shape index (κ1) is 19.9. The third kappa shape index (κ3) is 3.52. The summed E-state index contributed by atoms with van der Waals surface area (Å²) < 4.78 is 33.1.